The second kappa shape index (κ2) is 13.4. The van der Waals surface area contributed by atoms with Crippen LogP contribution in [0.2, 0.25) is 0 Å². The predicted octanol–water partition coefficient (Wildman–Crippen LogP) is -3.86. The molecule has 3 aliphatic carbocycles. The largest absolute Gasteiger partial charge is 0.790 e. The van der Waals surface area contributed by atoms with Crippen LogP contribution in [0.3, 0.4) is 0 Å². The maximum atomic E-state index is 10.3. The van der Waals surface area contributed by atoms with Gasteiger partial charge in [0.2, 0.25) is 0 Å². The van der Waals surface area contributed by atoms with E-state index in [2.05, 4.69) is 16.0 Å². The monoisotopic (exact) mass is 458 g/mol. The lowest BCUT2D eigenvalue weighted by molar-refractivity contribution is -0.425. The summed E-state index contributed by atoms with van der Waals surface area (Å²) in [5.41, 5.74) is 8.00. The first kappa shape index (κ1) is 27.9. The smallest absolute Gasteiger partial charge is 0.120 e. The molecule has 0 radical (unpaired) electrons. The molecule has 0 amide bonds. The van der Waals surface area contributed by atoms with Gasteiger partial charge >= 0.3 is 0 Å². The summed E-state index contributed by atoms with van der Waals surface area (Å²) in [6.45, 7) is 0. The van der Waals surface area contributed by atoms with E-state index in [-0.39, 0.29) is 0 Å². The Hall–Kier alpha value is -0.170. The summed E-state index contributed by atoms with van der Waals surface area (Å²) in [6.07, 6.45) is 2.32. The van der Waals surface area contributed by atoms with Crippen molar-refractivity contribution in [1.29, 1.82) is 0 Å². The average Bonchev–Trinajstić information content (AvgIpc) is 2.70. The van der Waals surface area contributed by atoms with E-state index in [1.54, 1.807) is 0 Å². The van der Waals surface area contributed by atoms with Crippen LogP contribution < -0.4 is 21.3 Å². The van der Waals surface area contributed by atoms with Crippen molar-refractivity contribution >= 4 is 7.82 Å². The molecule has 0 aromatic carbocycles. The van der Waals surface area contributed by atoms with Crippen molar-refractivity contribution in [3.8, 4) is 0 Å². The summed E-state index contributed by atoms with van der Waals surface area (Å²) in [5, 5.41) is 45.9. The van der Waals surface area contributed by atoms with E-state index in [0.717, 1.165) is 12.1 Å². The molecule has 11 nitrogen and oxygen atoms in total. The number of aliphatic hydroxyl groups is 5. The number of rotatable bonds is 2. The molecule has 0 heterocycles. The van der Waals surface area contributed by atoms with Crippen LogP contribution in [0.15, 0.2) is 0 Å². The first-order valence-electron chi connectivity index (χ1n) is 10.7. The van der Waals surface area contributed by atoms with Crippen molar-refractivity contribution in [2.45, 2.75) is 113 Å². The standard InChI is InChI=1S/2C6H13N.C6H13O9P/c2*7-6-4-2-1-3-5-6;7-1-2(8)4(10)6(5(11)3(1)9)15-16(12,13)14/h2*6H,1-5,7H2;1-11H,(H2,12,13,14)/t;;1?,2-,3+,4-,5-,6?/m..1/s1. The van der Waals surface area contributed by atoms with Crippen molar-refractivity contribution in [2.75, 3.05) is 0 Å². The highest BCUT2D eigenvalue weighted by atomic mass is 31.2. The average molecular weight is 458 g/mol. The fourth-order valence-corrected chi connectivity index (χ4v) is 4.39. The number of phosphoric acid groups is 1. The zero-order valence-corrected chi connectivity index (χ0v) is 18.3. The second-order valence-corrected chi connectivity index (χ2v) is 9.58. The van der Waals surface area contributed by atoms with Gasteiger partial charge in [0.15, 0.2) is 0 Å². The van der Waals surface area contributed by atoms with Gasteiger partial charge in [0.1, 0.15) is 36.6 Å². The highest BCUT2D eigenvalue weighted by Gasteiger charge is 2.49. The van der Waals surface area contributed by atoms with Gasteiger partial charge in [0.25, 0.3) is 0 Å². The van der Waals surface area contributed by atoms with Crippen molar-refractivity contribution in [2.24, 2.45) is 0 Å². The summed E-state index contributed by atoms with van der Waals surface area (Å²) in [5.74, 6) is 0. The van der Waals surface area contributed by atoms with E-state index in [9.17, 15) is 24.6 Å². The summed E-state index contributed by atoms with van der Waals surface area (Å²) in [6, 6.07) is 1.57. The van der Waals surface area contributed by atoms with Gasteiger partial charge in [-0.2, -0.15) is 0 Å². The predicted molar refractivity (Wildman–Crippen MR) is 102 cm³/mol. The minimum Gasteiger partial charge on any atom is -0.790 e. The van der Waals surface area contributed by atoms with E-state index in [0.29, 0.717) is 0 Å². The summed E-state index contributed by atoms with van der Waals surface area (Å²) >= 11 is 0. The van der Waals surface area contributed by atoms with Gasteiger partial charge in [-0.15, -0.1) is 0 Å². The lowest BCUT2D eigenvalue weighted by atomic mass is 9.85. The van der Waals surface area contributed by atoms with Crippen molar-refractivity contribution < 1.29 is 55.9 Å². The highest BCUT2D eigenvalue weighted by molar-refractivity contribution is 7.43. The summed E-state index contributed by atoms with van der Waals surface area (Å²) in [4.78, 5) is 20.6. The van der Waals surface area contributed by atoms with Gasteiger partial charge in [0.05, 0.1) is 19.9 Å². The van der Waals surface area contributed by atoms with E-state index in [1.807, 2.05) is 0 Å². The van der Waals surface area contributed by atoms with Crippen molar-refractivity contribution in [3.05, 3.63) is 0 Å². The van der Waals surface area contributed by atoms with Gasteiger partial charge in [0, 0.05) is 0 Å². The van der Waals surface area contributed by atoms with Gasteiger partial charge in [-0.1, -0.05) is 12.8 Å². The third kappa shape index (κ3) is 9.97. The molecule has 11 N–H and O–H groups in total. The number of hydrogen-bond acceptors (Lipinski definition) is 9. The van der Waals surface area contributed by atoms with Gasteiger partial charge in [-0.05, 0) is 51.4 Å². The number of aliphatic hydroxyl groups excluding tert-OH is 5. The summed E-state index contributed by atoms with van der Waals surface area (Å²) < 4.78 is 14.1. The lowest BCUT2D eigenvalue weighted by Crippen LogP contribution is -2.64. The molecule has 2 unspecified atom stereocenters. The Morgan fingerprint density at radius 1 is 0.633 bits per heavy atom. The zero-order chi connectivity index (χ0) is 22.9. The quantitative estimate of drug-likeness (QED) is 0.200. The molecule has 12 heteroatoms. The van der Waals surface area contributed by atoms with Crippen LogP contribution in [0.4, 0.5) is 0 Å². The molecule has 0 aromatic heterocycles. The highest BCUT2D eigenvalue weighted by Crippen LogP contribution is 2.34. The number of hydrogen-bond donors (Lipinski definition) is 7. The van der Waals surface area contributed by atoms with Crippen LogP contribution in [-0.2, 0) is 9.09 Å². The molecule has 0 aromatic rings. The molecule has 0 bridgehead atoms. The molecule has 180 valence electrons. The Morgan fingerprint density at radius 2 is 0.933 bits per heavy atom. The fraction of sp³-hybridized carbons (Fsp3) is 1.00. The minimum atomic E-state index is -5.51. The van der Waals surface area contributed by atoms with E-state index < -0.39 is 44.4 Å². The van der Waals surface area contributed by atoms with Crippen LogP contribution >= 0.6 is 7.82 Å². The molecule has 3 fully saturated rings. The lowest BCUT2D eigenvalue weighted by Gasteiger charge is -2.45. The Kier molecular flexibility index (Phi) is 12.4. The third-order valence-corrected chi connectivity index (χ3v) is 6.27. The van der Waals surface area contributed by atoms with Crippen LogP contribution in [-0.4, -0.2) is 74.2 Å². The van der Waals surface area contributed by atoms with Crippen LogP contribution in [0.25, 0.3) is 0 Å². The van der Waals surface area contributed by atoms with Gasteiger partial charge in [-0.25, -0.2) is 0 Å². The molecular formula is C18H39N2O9P. The Labute approximate surface area is 177 Å². The Bertz CT molecular complexity index is 480. The summed E-state index contributed by atoms with van der Waals surface area (Å²) in [7, 11) is -5.51. The third-order valence-electron chi connectivity index (χ3n) is 5.77. The van der Waals surface area contributed by atoms with Crippen LogP contribution in [0, 0.1) is 0 Å². The normalized spacial score (nSPS) is 36.2. The molecule has 3 saturated carbocycles. The molecular weight excluding hydrogens is 419 g/mol. The van der Waals surface area contributed by atoms with Gasteiger partial charge in [-0.3, -0.25) is 0 Å². The fourth-order valence-electron chi connectivity index (χ4n) is 3.84. The van der Waals surface area contributed by atoms with Crippen LogP contribution in [0.5, 0.6) is 0 Å². The first-order chi connectivity index (χ1) is 13.9. The topological polar surface area (TPSA) is 229 Å². The molecule has 0 saturated heterocycles. The molecule has 0 aliphatic heterocycles. The van der Waals surface area contributed by atoms with E-state index >= 15 is 0 Å². The Balaban J connectivity index is 0.000000263. The maximum Gasteiger partial charge on any atom is 0.120 e. The molecule has 30 heavy (non-hydrogen) atoms. The molecule has 0 spiro atoms. The number of quaternary nitrogens is 2. The van der Waals surface area contributed by atoms with Crippen LogP contribution in [0.1, 0.15) is 64.2 Å². The Morgan fingerprint density at radius 3 is 1.17 bits per heavy atom. The number of phosphoric ester groups is 1. The zero-order valence-electron chi connectivity index (χ0n) is 17.4. The van der Waals surface area contributed by atoms with E-state index in [1.165, 1.54) is 64.2 Å². The molecule has 3 rings (SSSR count). The SMILES string of the molecule is O=P([O-])([O-])OC1[C@H](O)[C@H](O)C(O)[C@H](O)[C@H]1O.[NH3+]C1CCCCC1.[NH3+]C1CCCCC1. The second-order valence-electron chi connectivity index (χ2n) is 8.48. The van der Waals surface area contributed by atoms with Gasteiger partial charge < -0.3 is 55.9 Å². The van der Waals surface area contributed by atoms with Crippen molar-refractivity contribution in [1.82, 2.24) is 0 Å². The first-order valence-corrected chi connectivity index (χ1v) is 12.2. The molecule has 6 atom stereocenters. The maximum absolute atomic E-state index is 10.3. The van der Waals surface area contributed by atoms with E-state index in [4.69, 9.17) is 15.3 Å². The molecule has 3 aliphatic rings. The van der Waals surface area contributed by atoms with Crippen molar-refractivity contribution in [3.63, 3.8) is 0 Å². The minimum absolute atomic E-state index is 0.786.